The molecule has 2 aromatic rings. The van der Waals surface area contributed by atoms with E-state index in [0.29, 0.717) is 18.9 Å². The molecule has 1 amide bonds. The molecule has 0 bridgehead atoms. The zero-order valence-corrected chi connectivity index (χ0v) is 14.5. The topological polar surface area (TPSA) is 72.9 Å². The maximum atomic E-state index is 12.3. The largest absolute Gasteiger partial charge is 0.327 e. The van der Waals surface area contributed by atoms with Gasteiger partial charge < -0.3 is 11.1 Å². The maximum Gasteiger partial charge on any atom is 0.225 e. The molecule has 3 N–H and O–H groups in total. The number of nitrogens with two attached hydrogens (primary N) is 1. The van der Waals surface area contributed by atoms with Gasteiger partial charge in [-0.25, -0.2) is 4.68 Å². The Morgan fingerprint density at radius 2 is 2.26 bits per heavy atom. The predicted octanol–water partition coefficient (Wildman–Crippen LogP) is 3.15. The molecule has 0 spiro atoms. The molecule has 5 nitrogen and oxygen atoms in total. The summed E-state index contributed by atoms with van der Waals surface area (Å²) in [4.78, 5) is 12.3. The van der Waals surface area contributed by atoms with E-state index in [4.69, 9.17) is 5.73 Å². The first-order valence-corrected chi connectivity index (χ1v) is 8.73. The van der Waals surface area contributed by atoms with Crippen LogP contribution in [0, 0.1) is 5.92 Å². The van der Waals surface area contributed by atoms with E-state index < -0.39 is 0 Å². The Morgan fingerprint density at radius 1 is 1.39 bits per heavy atom. The molecule has 122 valence electrons. The van der Waals surface area contributed by atoms with Crippen molar-refractivity contribution in [3.63, 3.8) is 0 Å². The van der Waals surface area contributed by atoms with E-state index in [0.717, 1.165) is 35.1 Å². The third-order valence-electron chi connectivity index (χ3n) is 4.37. The summed E-state index contributed by atoms with van der Waals surface area (Å²) in [5.41, 5.74) is 7.17. The van der Waals surface area contributed by atoms with E-state index in [9.17, 15) is 4.79 Å². The number of halogens is 1. The second-order valence-electron chi connectivity index (χ2n) is 6.11. The van der Waals surface area contributed by atoms with Gasteiger partial charge in [0.25, 0.3) is 0 Å². The molecule has 1 aromatic heterocycles. The Hall–Kier alpha value is -1.66. The number of nitrogens with zero attached hydrogens (tertiary/aromatic N) is 2. The van der Waals surface area contributed by atoms with Crippen LogP contribution in [-0.4, -0.2) is 21.7 Å². The van der Waals surface area contributed by atoms with Crippen molar-refractivity contribution in [2.75, 3.05) is 5.32 Å². The van der Waals surface area contributed by atoms with Crippen molar-refractivity contribution in [1.82, 2.24) is 9.78 Å². The highest BCUT2D eigenvalue weighted by molar-refractivity contribution is 9.10. The number of amides is 1. The standard InChI is InChI=1S/C17H21BrN4O/c18-14-5-1-3-12(9-14)11-22-16(7-8-20-22)21-17(23)10-13-4-2-6-15(13)19/h1,3,5,7-9,13,15H,2,4,6,10-11,19H2,(H,21,23)/t13-,15+/m0/s1. The van der Waals surface area contributed by atoms with E-state index in [2.05, 4.69) is 26.3 Å². The van der Waals surface area contributed by atoms with E-state index >= 15 is 0 Å². The van der Waals surface area contributed by atoms with Crippen LogP contribution in [0.25, 0.3) is 0 Å². The van der Waals surface area contributed by atoms with Crippen molar-refractivity contribution in [3.05, 3.63) is 46.6 Å². The lowest BCUT2D eigenvalue weighted by molar-refractivity contribution is -0.117. The molecular weight excluding hydrogens is 356 g/mol. The number of nitrogens with one attached hydrogen (secondary N) is 1. The van der Waals surface area contributed by atoms with Gasteiger partial charge in [0.2, 0.25) is 5.91 Å². The first-order chi connectivity index (χ1) is 11.1. The Balaban J connectivity index is 1.63. The number of carbonyl (C=O) groups excluding carboxylic acids is 1. The summed E-state index contributed by atoms with van der Waals surface area (Å²) in [6.45, 7) is 0.616. The highest BCUT2D eigenvalue weighted by Gasteiger charge is 2.26. The molecule has 0 saturated heterocycles. The van der Waals surface area contributed by atoms with E-state index in [1.807, 2.05) is 30.3 Å². The van der Waals surface area contributed by atoms with Gasteiger partial charge in [0.15, 0.2) is 0 Å². The van der Waals surface area contributed by atoms with Crippen LogP contribution in [0.3, 0.4) is 0 Å². The molecular formula is C17H21BrN4O. The number of hydrogen-bond acceptors (Lipinski definition) is 3. The molecule has 2 atom stereocenters. The summed E-state index contributed by atoms with van der Waals surface area (Å²) in [7, 11) is 0. The molecule has 3 rings (SSSR count). The normalized spacial score (nSPS) is 20.6. The van der Waals surface area contributed by atoms with Crippen molar-refractivity contribution in [1.29, 1.82) is 0 Å². The van der Waals surface area contributed by atoms with Crippen molar-refractivity contribution in [2.45, 2.75) is 38.3 Å². The molecule has 0 radical (unpaired) electrons. The Bertz CT molecular complexity index is 685. The first kappa shape index (κ1) is 16.2. The van der Waals surface area contributed by atoms with Crippen LogP contribution in [0.2, 0.25) is 0 Å². The summed E-state index contributed by atoms with van der Waals surface area (Å²) >= 11 is 3.47. The van der Waals surface area contributed by atoms with Crippen LogP contribution in [-0.2, 0) is 11.3 Å². The summed E-state index contributed by atoms with van der Waals surface area (Å²) in [5.74, 6) is 1.04. The number of benzene rings is 1. The van der Waals surface area contributed by atoms with E-state index in [1.54, 1.807) is 10.9 Å². The zero-order valence-electron chi connectivity index (χ0n) is 12.9. The molecule has 23 heavy (non-hydrogen) atoms. The predicted molar refractivity (Wildman–Crippen MR) is 94.0 cm³/mol. The lowest BCUT2D eigenvalue weighted by atomic mass is 10.00. The van der Waals surface area contributed by atoms with Crippen LogP contribution in [0.5, 0.6) is 0 Å². The fourth-order valence-corrected chi connectivity index (χ4v) is 3.57. The first-order valence-electron chi connectivity index (χ1n) is 7.93. The number of hydrogen-bond donors (Lipinski definition) is 2. The fraction of sp³-hybridized carbons (Fsp3) is 0.412. The molecule has 0 aliphatic heterocycles. The molecule has 1 aliphatic rings. The summed E-state index contributed by atoms with van der Waals surface area (Å²) in [6, 6.07) is 10.0. The third-order valence-corrected chi connectivity index (χ3v) is 4.86. The number of anilines is 1. The molecule has 1 aromatic carbocycles. The van der Waals surface area contributed by atoms with Crippen LogP contribution < -0.4 is 11.1 Å². The Kier molecular flexibility index (Phi) is 5.13. The molecule has 1 fully saturated rings. The lowest BCUT2D eigenvalue weighted by Crippen LogP contribution is -2.28. The van der Waals surface area contributed by atoms with Gasteiger partial charge in [-0.15, -0.1) is 0 Å². The van der Waals surface area contributed by atoms with Crippen LogP contribution >= 0.6 is 15.9 Å². The second-order valence-corrected chi connectivity index (χ2v) is 7.03. The molecule has 1 aliphatic carbocycles. The van der Waals surface area contributed by atoms with Gasteiger partial charge in [0, 0.05) is 23.0 Å². The van der Waals surface area contributed by atoms with Crippen molar-refractivity contribution in [2.24, 2.45) is 11.7 Å². The number of aromatic nitrogens is 2. The van der Waals surface area contributed by atoms with Gasteiger partial charge in [-0.05, 0) is 36.5 Å². The molecule has 6 heteroatoms. The monoisotopic (exact) mass is 376 g/mol. The summed E-state index contributed by atoms with van der Waals surface area (Å²) < 4.78 is 2.83. The van der Waals surface area contributed by atoms with E-state index in [1.165, 1.54) is 0 Å². The summed E-state index contributed by atoms with van der Waals surface area (Å²) in [5, 5.41) is 7.27. The minimum Gasteiger partial charge on any atom is -0.327 e. The Labute approximate surface area is 144 Å². The van der Waals surface area contributed by atoms with Gasteiger partial charge >= 0.3 is 0 Å². The van der Waals surface area contributed by atoms with Gasteiger partial charge in [0.05, 0.1) is 12.7 Å². The van der Waals surface area contributed by atoms with Gasteiger partial charge in [-0.2, -0.15) is 5.10 Å². The smallest absolute Gasteiger partial charge is 0.225 e. The van der Waals surface area contributed by atoms with Crippen LogP contribution in [0.4, 0.5) is 5.82 Å². The summed E-state index contributed by atoms with van der Waals surface area (Å²) in [6.07, 6.45) is 5.39. The highest BCUT2D eigenvalue weighted by Crippen LogP contribution is 2.27. The Morgan fingerprint density at radius 3 is 3.00 bits per heavy atom. The van der Waals surface area contributed by atoms with Gasteiger partial charge in [-0.3, -0.25) is 4.79 Å². The second kappa shape index (κ2) is 7.27. The van der Waals surface area contributed by atoms with Gasteiger partial charge in [0.1, 0.15) is 5.82 Å². The molecule has 0 unspecified atom stereocenters. The minimum absolute atomic E-state index is 0.0170. The zero-order chi connectivity index (χ0) is 16.2. The fourth-order valence-electron chi connectivity index (χ4n) is 3.12. The van der Waals surface area contributed by atoms with Gasteiger partial charge in [-0.1, -0.05) is 34.5 Å². The SMILES string of the molecule is N[C@@H]1CCC[C@H]1CC(=O)Nc1ccnn1Cc1cccc(Br)c1. The van der Waals surface area contributed by atoms with Crippen LogP contribution in [0.15, 0.2) is 41.0 Å². The number of rotatable bonds is 5. The van der Waals surface area contributed by atoms with E-state index in [-0.39, 0.29) is 11.9 Å². The molecule has 1 heterocycles. The molecule has 1 saturated carbocycles. The minimum atomic E-state index is 0.0170. The third kappa shape index (κ3) is 4.20. The van der Waals surface area contributed by atoms with Crippen LogP contribution in [0.1, 0.15) is 31.2 Å². The lowest BCUT2D eigenvalue weighted by Gasteiger charge is -2.15. The van der Waals surface area contributed by atoms with Crippen molar-refractivity contribution in [3.8, 4) is 0 Å². The average molecular weight is 377 g/mol. The van der Waals surface area contributed by atoms with Crippen molar-refractivity contribution < 1.29 is 4.79 Å². The number of carbonyl (C=O) groups is 1. The maximum absolute atomic E-state index is 12.3. The quantitative estimate of drug-likeness (QED) is 0.841. The highest BCUT2D eigenvalue weighted by atomic mass is 79.9. The van der Waals surface area contributed by atoms with Crippen molar-refractivity contribution >= 4 is 27.7 Å². The average Bonchev–Trinajstić information content (AvgIpc) is 3.09.